The van der Waals surface area contributed by atoms with Crippen LogP contribution in [0.25, 0.3) is 5.69 Å². The fourth-order valence-electron chi connectivity index (χ4n) is 2.01. The number of halogens is 1. The van der Waals surface area contributed by atoms with Gasteiger partial charge in [0.15, 0.2) is 5.69 Å². The zero-order valence-corrected chi connectivity index (χ0v) is 12.3. The largest absolute Gasteiger partial charge is 0.481 e. The first-order chi connectivity index (χ1) is 10.4. The summed E-state index contributed by atoms with van der Waals surface area (Å²) >= 11 is 0. The van der Waals surface area contributed by atoms with Gasteiger partial charge in [-0.1, -0.05) is 0 Å². The number of hydrogen-bond acceptors (Lipinski definition) is 3. The average Bonchev–Trinajstić information content (AvgIpc) is 2.93. The number of aryl methyl sites for hydroxylation is 1. The number of aromatic nitrogens is 2. The highest BCUT2D eigenvalue weighted by Crippen LogP contribution is 2.15. The third-order valence-corrected chi connectivity index (χ3v) is 3.22. The molecule has 0 radical (unpaired) electrons. The summed E-state index contributed by atoms with van der Waals surface area (Å²) in [4.78, 5) is 24.0. The quantitative estimate of drug-likeness (QED) is 0.915. The molecule has 1 amide bonds. The molecule has 2 rings (SSSR count). The highest BCUT2D eigenvalue weighted by atomic mass is 19.1. The topological polar surface area (TPSA) is 75.4 Å². The van der Waals surface area contributed by atoms with E-state index in [0.717, 1.165) is 0 Å². The lowest BCUT2D eigenvalue weighted by Gasteiger charge is -2.14. The Kier molecular flexibility index (Phi) is 4.55. The summed E-state index contributed by atoms with van der Waals surface area (Å²) in [7, 11) is 1.52. The van der Waals surface area contributed by atoms with Gasteiger partial charge in [-0.25, -0.2) is 9.07 Å². The van der Waals surface area contributed by atoms with Crippen LogP contribution in [0.3, 0.4) is 0 Å². The maximum Gasteiger partial charge on any atom is 0.305 e. The summed E-state index contributed by atoms with van der Waals surface area (Å²) in [6, 6.07) is 5.84. The van der Waals surface area contributed by atoms with Crippen molar-refractivity contribution < 1.29 is 19.1 Å². The van der Waals surface area contributed by atoms with Crippen molar-refractivity contribution in [2.75, 3.05) is 13.6 Å². The van der Waals surface area contributed by atoms with Crippen LogP contribution in [0.1, 0.15) is 22.5 Å². The van der Waals surface area contributed by atoms with Crippen molar-refractivity contribution in [3.8, 4) is 5.69 Å². The molecule has 0 atom stereocenters. The van der Waals surface area contributed by atoms with Gasteiger partial charge in [0, 0.05) is 19.8 Å². The minimum Gasteiger partial charge on any atom is -0.481 e. The number of benzene rings is 1. The lowest BCUT2D eigenvalue weighted by molar-refractivity contribution is -0.137. The number of aliphatic carboxylic acids is 1. The predicted molar refractivity (Wildman–Crippen MR) is 77.5 cm³/mol. The minimum absolute atomic E-state index is 0.108. The number of carbonyl (C=O) groups is 2. The number of rotatable bonds is 5. The van der Waals surface area contributed by atoms with Gasteiger partial charge >= 0.3 is 5.97 Å². The highest BCUT2D eigenvalue weighted by molar-refractivity contribution is 5.92. The minimum atomic E-state index is -0.966. The van der Waals surface area contributed by atoms with E-state index in [2.05, 4.69) is 5.10 Å². The van der Waals surface area contributed by atoms with Crippen molar-refractivity contribution in [2.45, 2.75) is 13.3 Å². The maximum absolute atomic E-state index is 13.1. The van der Waals surface area contributed by atoms with Crippen molar-refractivity contribution >= 4 is 11.9 Å². The Bertz CT molecular complexity index is 712. The molecule has 6 nitrogen and oxygen atoms in total. The van der Waals surface area contributed by atoms with Crippen molar-refractivity contribution in [3.63, 3.8) is 0 Å². The lowest BCUT2D eigenvalue weighted by atomic mass is 10.2. The number of nitrogens with zero attached hydrogens (tertiary/aromatic N) is 3. The Hall–Kier alpha value is -2.70. The second-order valence-electron chi connectivity index (χ2n) is 4.95. The molecule has 0 saturated carbocycles. The standard InChI is InChI=1S/C15H16FN3O3/c1-10-9-11(16)3-4-13(10)19-8-5-12(17-19)15(22)18(2)7-6-14(20)21/h3-5,8-9H,6-7H2,1-2H3,(H,20,21). The number of carbonyl (C=O) groups excluding carboxylic acids is 1. The second kappa shape index (κ2) is 6.38. The number of carboxylic acids is 1. The molecule has 0 saturated heterocycles. The Morgan fingerprint density at radius 2 is 2.09 bits per heavy atom. The van der Waals surface area contributed by atoms with E-state index < -0.39 is 5.97 Å². The number of amides is 1. The Morgan fingerprint density at radius 1 is 1.36 bits per heavy atom. The van der Waals surface area contributed by atoms with E-state index in [1.165, 1.54) is 28.8 Å². The van der Waals surface area contributed by atoms with E-state index in [9.17, 15) is 14.0 Å². The molecule has 0 aliphatic carbocycles. The van der Waals surface area contributed by atoms with Crippen LogP contribution in [0.2, 0.25) is 0 Å². The van der Waals surface area contributed by atoms with Crippen LogP contribution in [0.5, 0.6) is 0 Å². The van der Waals surface area contributed by atoms with Crippen LogP contribution >= 0.6 is 0 Å². The average molecular weight is 305 g/mol. The van der Waals surface area contributed by atoms with Gasteiger partial charge < -0.3 is 10.0 Å². The maximum atomic E-state index is 13.1. The van der Waals surface area contributed by atoms with Gasteiger partial charge in [0.05, 0.1) is 12.1 Å². The molecular formula is C15H16FN3O3. The summed E-state index contributed by atoms with van der Waals surface area (Å²) in [6.07, 6.45) is 1.48. The molecule has 22 heavy (non-hydrogen) atoms. The molecule has 1 heterocycles. The van der Waals surface area contributed by atoms with Gasteiger partial charge in [-0.2, -0.15) is 5.10 Å². The van der Waals surface area contributed by atoms with Crippen LogP contribution in [0, 0.1) is 12.7 Å². The van der Waals surface area contributed by atoms with Crippen LogP contribution in [0.4, 0.5) is 4.39 Å². The van der Waals surface area contributed by atoms with Gasteiger partial charge in [-0.15, -0.1) is 0 Å². The molecule has 0 aliphatic rings. The molecule has 7 heteroatoms. The van der Waals surface area contributed by atoms with E-state index in [4.69, 9.17) is 5.11 Å². The van der Waals surface area contributed by atoms with Crippen molar-refractivity contribution in [3.05, 3.63) is 47.5 Å². The Balaban J connectivity index is 2.17. The fourth-order valence-corrected chi connectivity index (χ4v) is 2.01. The first kappa shape index (κ1) is 15.7. The molecule has 1 aromatic heterocycles. The van der Waals surface area contributed by atoms with Gasteiger partial charge in [-0.3, -0.25) is 9.59 Å². The van der Waals surface area contributed by atoms with Gasteiger partial charge in [-0.05, 0) is 36.8 Å². The van der Waals surface area contributed by atoms with E-state index in [0.29, 0.717) is 11.3 Å². The van der Waals surface area contributed by atoms with Crippen LogP contribution < -0.4 is 0 Å². The molecule has 2 aromatic rings. The van der Waals surface area contributed by atoms with Crippen LogP contribution in [-0.4, -0.2) is 45.3 Å². The third-order valence-electron chi connectivity index (χ3n) is 3.22. The van der Waals surface area contributed by atoms with Gasteiger partial charge in [0.2, 0.25) is 0 Å². The molecular weight excluding hydrogens is 289 g/mol. The SMILES string of the molecule is Cc1cc(F)ccc1-n1ccc(C(=O)N(C)CCC(=O)O)n1. The summed E-state index contributed by atoms with van der Waals surface area (Å²) in [6.45, 7) is 1.86. The zero-order chi connectivity index (χ0) is 16.3. The van der Waals surface area contributed by atoms with E-state index in [-0.39, 0.29) is 30.4 Å². The number of carboxylic acid groups (broad SMARTS) is 1. The van der Waals surface area contributed by atoms with E-state index >= 15 is 0 Å². The summed E-state index contributed by atoms with van der Waals surface area (Å²) < 4.78 is 14.6. The summed E-state index contributed by atoms with van der Waals surface area (Å²) in [5.41, 5.74) is 1.58. The fraction of sp³-hybridized carbons (Fsp3) is 0.267. The first-order valence-electron chi connectivity index (χ1n) is 6.68. The van der Waals surface area contributed by atoms with Crippen molar-refractivity contribution in [2.24, 2.45) is 0 Å². The smallest absolute Gasteiger partial charge is 0.305 e. The first-order valence-corrected chi connectivity index (χ1v) is 6.68. The molecule has 0 bridgehead atoms. The van der Waals surface area contributed by atoms with Crippen LogP contribution in [0.15, 0.2) is 30.5 Å². The van der Waals surface area contributed by atoms with Gasteiger partial charge in [0.25, 0.3) is 5.91 Å². The van der Waals surface area contributed by atoms with E-state index in [1.807, 2.05) is 0 Å². The molecule has 0 aliphatic heterocycles. The number of hydrogen-bond donors (Lipinski definition) is 1. The monoisotopic (exact) mass is 305 g/mol. The van der Waals surface area contributed by atoms with Crippen LogP contribution in [-0.2, 0) is 4.79 Å². The molecule has 0 spiro atoms. The predicted octanol–water partition coefficient (Wildman–Crippen LogP) is 1.87. The molecule has 116 valence electrons. The van der Waals surface area contributed by atoms with Crippen molar-refractivity contribution in [1.82, 2.24) is 14.7 Å². The summed E-state index contributed by atoms with van der Waals surface area (Å²) in [5.74, 6) is -1.66. The van der Waals surface area contributed by atoms with Gasteiger partial charge in [0.1, 0.15) is 5.82 Å². The Morgan fingerprint density at radius 3 is 2.73 bits per heavy atom. The lowest BCUT2D eigenvalue weighted by Crippen LogP contribution is -2.29. The highest BCUT2D eigenvalue weighted by Gasteiger charge is 2.16. The molecule has 0 unspecified atom stereocenters. The molecule has 0 fully saturated rings. The second-order valence-corrected chi connectivity index (χ2v) is 4.95. The molecule has 1 N–H and O–H groups in total. The molecule has 1 aromatic carbocycles. The van der Waals surface area contributed by atoms with Crippen molar-refractivity contribution in [1.29, 1.82) is 0 Å². The Labute approximate surface area is 126 Å². The van der Waals surface area contributed by atoms with E-state index in [1.54, 1.807) is 25.3 Å². The zero-order valence-electron chi connectivity index (χ0n) is 12.3. The normalized spacial score (nSPS) is 10.5. The summed E-state index contributed by atoms with van der Waals surface area (Å²) in [5, 5.41) is 12.8. The third kappa shape index (κ3) is 3.49.